The van der Waals surface area contributed by atoms with Gasteiger partial charge in [-0.25, -0.2) is 0 Å². The summed E-state index contributed by atoms with van der Waals surface area (Å²) >= 11 is 0. The smallest absolute Gasteiger partial charge is 0.0171 e. The molecule has 0 aliphatic heterocycles. The highest BCUT2D eigenvalue weighted by atomic mass is 14.2. The van der Waals surface area contributed by atoms with Crippen molar-refractivity contribution in [2.45, 2.75) is 6.92 Å². The molecule has 7 rings (SSSR count). The fourth-order valence-corrected chi connectivity index (χ4v) is 5.89. The molecule has 7 aromatic rings. The number of hydrogen-bond donors (Lipinski definition) is 0. The van der Waals surface area contributed by atoms with Gasteiger partial charge in [0.25, 0.3) is 0 Å². The van der Waals surface area contributed by atoms with E-state index in [4.69, 9.17) is 0 Å². The standard InChI is InChI=1S/C43H32/c1-31-22-36(42-27-38(32-14-6-2-7-15-32)25-39(28-42)33-16-8-3-9-17-33)24-37(23-31)43-29-40(34-18-10-4-11-19-34)26-41(30-43)35-20-12-5-13-21-35/h2-30H,1H3. The van der Waals surface area contributed by atoms with Crippen LogP contribution in [0, 0.1) is 6.92 Å². The van der Waals surface area contributed by atoms with E-state index in [2.05, 4.69) is 183 Å². The summed E-state index contributed by atoms with van der Waals surface area (Å²) in [5.74, 6) is 0. The zero-order valence-corrected chi connectivity index (χ0v) is 24.2. The Hall–Kier alpha value is -5.46. The number of hydrogen-bond acceptors (Lipinski definition) is 0. The Labute approximate surface area is 254 Å². The third kappa shape index (κ3) is 5.82. The molecule has 43 heavy (non-hydrogen) atoms. The van der Waals surface area contributed by atoms with Crippen LogP contribution in [0.4, 0.5) is 0 Å². The zero-order valence-electron chi connectivity index (χ0n) is 24.2. The molecule has 0 radical (unpaired) electrons. The van der Waals surface area contributed by atoms with Crippen molar-refractivity contribution < 1.29 is 0 Å². The molecule has 0 N–H and O–H groups in total. The van der Waals surface area contributed by atoms with Crippen LogP contribution in [0.1, 0.15) is 5.56 Å². The van der Waals surface area contributed by atoms with Crippen molar-refractivity contribution in [3.8, 4) is 66.8 Å². The van der Waals surface area contributed by atoms with Crippen LogP contribution >= 0.6 is 0 Å². The molecule has 0 saturated carbocycles. The molecule has 0 aliphatic carbocycles. The van der Waals surface area contributed by atoms with Crippen molar-refractivity contribution in [3.63, 3.8) is 0 Å². The first-order valence-electron chi connectivity index (χ1n) is 14.8. The Morgan fingerprint density at radius 2 is 0.395 bits per heavy atom. The molecule has 0 unspecified atom stereocenters. The van der Waals surface area contributed by atoms with Crippen LogP contribution in [-0.4, -0.2) is 0 Å². The van der Waals surface area contributed by atoms with E-state index in [0.717, 1.165) is 0 Å². The maximum atomic E-state index is 2.35. The summed E-state index contributed by atoms with van der Waals surface area (Å²) in [5, 5.41) is 0. The Balaban J connectivity index is 1.40. The van der Waals surface area contributed by atoms with Gasteiger partial charge < -0.3 is 0 Å². The molecule has 0 aromatic heterocycles. The summed E-state index contributed by atoms with van der Waals surface area (Å²) in [6.45, 7) is 2.20. The van der Waals surface area contributed by atoms with Crippen LogP contribution in [0.15, 0.2) is 176 Å². The van der Waals surface area contributed by atoms with E-state index in [9.17, 15) is 0 Å². The van der Waals surface area contributed by atoms with E-state index < -0.39 is 0 Å². The van der Waals surface area contributed by atoms with Crippen molar-refractivity contribution >= 4 is 0 Å². The van der Waals surface area contributed by atoms with Gasteiger partial charge in [-0.3, -0.25) is 0 Å². The maximum absolute atomic E-state index is 2.35. The van der Waals surface area contributed by atoms with Crippen LogP contribution in [0.25, 0.3) is 66.8 Å². The molecule has 0 saturated heterocycles. The van der Waals surface area contributed by atoms with E-state index in [-0.39, 0.29) is 0 Å². The Kier molecular flexibility index (Phi) is 7.26. The molecule has 0 spiro atoms. The average molecular weight is 549 g/mol. The summed E-state index contributed by atoms with van der Waals surface area (Å²) in [5.41, 5.74) is 15.9. The van der Waals surface area contributed by atoms with Gasteiger partial charge in [0, 0.05) is 0 Å². The highest BCUT2D eigenvalue weighted by Crippen LogP contribution is 2.37. The van der Waals surface area contributed by atoms with E-state index in [1.165, 1.54) is 72.3 Å². The van der Waals surface area contributed by atoms with Gasteiger partial charge in [0.15, 0.2) is 0 Å². The SMILES string of the molecule is Cc1cc(-c2cc(-c3ccccc3)cc(-c3ccccc3)c2)cc(-c2cc(-c3ccccc3)cc(-c3ccccc3)c2)c1. The first-order chi connectivity index (χ1) is 21.2. The summed E-state index contributed by atoms with van der Waals surface area (Å²) in [4.78, 5) is 0. The van der Waals surface area contributed by atoms with Gasteiger partial charge in [-0.2, -0.15) is 0 Å². The third-order valence-corrected chi connectivity index (χ3v) is 8.04. The van der Waals surface area contributed by atoms with Gasteiger partial charge in [-0.15, -0.1) is 0 Å². The normalized spacial score (nSPS) is 10.9. The van der Waals surface area contributed by atoms with Gasteiger partial charge in [0.1, 0.15) is 0 Å². The molecule has 0 heteroatoms. The van der Waals surface area contributed by atoms with Crippen LogP contribution in [0.2, 0.25) is 0 Å². The summed E-state index contributed by atoms with van der Waals surface area (Å²) in [6, 6.07) is 63.6. The van der Waals surface area contributed by atoms with Gasteiger partial charge >= 0.3 is 0 Å². The van der Waals surface area contributed by atoms with Gasteiger partial charge in [-0.1, -0.05) is 133 Å². The van der Waals surface area contributed by atoms with Crippen molar-refractivity contribution in [2.24, 2.45) is 0 Å². The maximum Gasteiger partial charge on any atom is -0.0171 e. The van der Waals surface area contributed by atoms with Gasteiger partial charge in [0.05, 0.1) is 0 Å². The fraction of sp³-hybridized carbons (Fsp3) is 0.0233. The molecule has 0 nitrogen and oxygen atoms in total. The average Bonchev–Trinajstić information content (AvgIpc) is 3.09. The zero-order chi connectivity index (χ0) is 29.0. The molecule has 0 aliphatic rings. The number of benzene rings is 7. The topological polar surface area (TPSA) is 0 Å². The number of rotatable bonds is 6. The van der Waals surface area contributed by atoms with E-state index >= 15 is 0 Å². The second kappa shape index (κ2) is 11.8. The van der Waals surface area contributed by atoms with Crippen molar-refractivity contribution in [2.75, 3.05) is 0 Å². The lowest BCUT2D eigenvalue weighted by atomic mass is 9.89. The molecule has 0 bridgehead atoms. The van der Waals surface area contributed by atoms with Gasteiger partial charge in [0.2, 0.25) is 0 Å². The minimum atomic E-state index is 1.22. The summed E-state index contributed by atoms with van der Waals surface area (Å²) in [7, 11) is 0. The van der Waals surface area contributed by atoms with Crippen molar-refractivity contribution in [1.82, 2.24) is 0 Å². The quantitative estimate of drug-likeness (QED) is 0.194. The molecule has 0 fully saturated rings. The predicted molar refractivity (Wildman–Crippen MR) is 184 cm³/mol. The van der Waals surface area contributed by atoms with Crippen molar-refractivity contribution in [1.29, 1.82) is 0 Å². The largest absolute Gasteiger partial charge is 0.0622 e. The van der Waals surface area contributed by atoms with E-state index in [1.807, 2.05) is 0 Å². The van der Waals surface area contributed by atoms with Crippen LogP contribution in [0.5, 0.6) is 0 Å². The lowest BCUT2D eigenvalue weighted by molar-refractivity contribution is 1.45. The molecule has 204 valence electrons. The lowest BCUT2D eigenvalue weighted by Crippen LogP contribution is -1.90. The van der Waals surface area contributed by atoms with Gasteiger partial charge in [-0.05, 0) is 122 Å². The molecule has 0 heterocycles. The second-order valence-corrected chi connectivity index (χ2v) is 11.1. The Bertz CT molecular complexity index is 1730. The van der Waals surface area contributed by atoms with Crippen LogP contribution < -0.4 is 0 Å². The monoisotopic (exact) mass is 548 g/mol. The number of aryl methyl sites for hydroxylation is 1. The second-order valence-electron chi connectivity index (χ2n) is 11.1. The highest BCUT2D eigenvalue weighted by molar-refractivity contribution is 5.86. The van der Waals surface area contributed by atoms with Crippen LogP contribution in [0.3, 0.4) is 0 Å². The van der Waals surface area contributed by atoms with E-state index in [0.29, 0.717) is 0 Å². The Morgan fingerprint density at radius 3 is 0.628 bits per heavy atom. The molecular weight excluding hydrogens is 516 g/mol. The Morgan fingerprint density at radius 1 is 0.209 bits per heavy atom. The summed E-state index contributed by atoms with van der Waals surface area (Å²) < 4.78 is 0. The molecule has 7 aromatic carbocycles. The lowest BCUT2D eigenvalue weighted by Gasteiger charge is -2.15. The van der Waals surface area contributed by atoms with Crippen molar-refractivity contribution in [3.05, 3.63) is 181 Å². The first-order valence-corrected chi connectivity index (χ1v) is 14.8. The highest BCUT2D eigenvalue weighted by Gasteiger charge is 2.12. The minimum absolute atomic E-state index is 1.22. The third-order valence-electron chi connectivity index (χ3n) is 8.04. The summed E-state index contributed by atoms with van der Waals surface area (Å²) in [6.07, 6.45) is 0. The first kappa shape index (κ1) is 26.4. The predicted octanol–water partition coefficient (Wildman–Crippen LogP) is 12.0. The molecule has 0 amide bonds. The minimum Gasteiger partial charge on any atom is -0.0622 e. The van der Waals surface area contributed by atoms with Crippen LogP contribution in [-0.2, 0) is 0 Å². The fourth-order valence-electron chi connectivity index (χ4n) is 5.89. The molecule has 0 atom stereocenters. The molecular formula is C43H32. The van der Waals surface area contributed by atoms with E-state index in [1.54, 1.807) is 0 Å².